The number of hydrogen-bond donors (Lipinski definition) is 1. The third-order valence-electron chi connectivity index (χ3n) is 6.61. The maximum absolute atomic E-state index is 15.2. The van der Waals surface area contributed by atoms with Crippen molar-refractivity contribution in [3.8, 4) is 28.7 Å². The Morgan fingerprint density at radius 1 is 0.929 bits per heavy atom. The Balaban J connectivity index is 1.43. The predicted molar refractivity (Wildman–Crippen MR) is 155 cm³/mol. The Kier molecular flexibility index (Phi) is 7.74. The molecule has 5 rings (SSSR count). The highest BCUT2D eigenvalue weighted by atomic mass is 19.1. The molecule has 1 N–H and O–H groups in total. The second-order valence-corrected chi connectivity index (χ2v) is 9.41. The molecule has 0 radical (unpaired) electrons. The van der Waals surface area contributed by atoms with E-state index in [0.29, 0.717) is 39.5 Å². The summed E-state index contributed by atoms with van der Waals surface area (Å²) in [6, 6.07) is 17.6. The number of ether oxygens (including phenoxy) is 3. The molecule has 0 bridgehead atoms. The molecular weight excluding hydrogens is 543 g/mol. The Morgan fingerprint density at radius 3 is 2.31 bits per heavy atom. The summed E-state index contributed by atoms with van der Waals surface area (Å²) in [6.07, 6.45) is 1.53. The van der Waals surface area contributed by atoms with E-state index in [1.54, 1.807) is 55.5 Å². The highest BCUT2D eigenvalue weighted by molar-refractivity contribution is 6.05. The zero-order valence-electron chi connectivity index (χ0n) is 23.3. The normalized spacial score (nSPS) is 10.9. The molecule has 0 saturated heterocycles. The van der Waals surface area contributed by atoms with Gasteiger partial charge in [-0.1, -0.05) is 18.2 Å². The van der Waals surface area contributed by atoms with E-state index in [9.17, 15) is 14.4 Å². The summed E-state index contributed by atoms with van der Waals surface area (Å²) in [5, 5.41) is 3.16. The third kappa shape index (κ3) is 5.31. The van der Waals surface area contributed by atoms with Crippen LogP contribution in [-0.4, -0.2) is 40.3 Å². The fraction of sp³-hybridized carbons (Fsp3) is 0.161. The Labute approximate surface area is 239 Å². The Hall–Kier alpha value is -5.45. The number of aromatic nitrogens is 3. The molecule has 1 amide bonds. The van der Waals surface area contributed by atoms with Gasteiger partial charge in [-0.15, -0.1) is 0 Å². The first-order valence-corrected chi connectivity index (χ1v) is 12.9. The zero-order valence-corrected chi connectivity index (χ0v) is 23.3. The number of nitrogens with one attached hydrogen (secondary N) is 1. The van der Waals surface area contributed by atoms with E-state index in [1.165, 1.54) is 48.8 Å². The van der Waals surface area contributed by atoms with Gasteiger partial charge in [-0.3, -0.25) is 24.0 Å². The highest BCUT2D eigenvalue weighted by Crippen LogP contribution is 2.37. The highest BCUT2D eigenvalue weighted by Gasteiger charge is 2.25. The molecule has 0 aliphatic heterocycles. The second kappa shape index (κ2) is 11.6. The summed E-state index contributed by atoms with van der Waals surface area (Å²) in [5.41, 5.74) is 0.706. The van der Waals surface area contributed by atoms with Crippen LogP contribution in [0.5, 0.6) is 23.0 Å². The minimum Gasteiger partial charge on any atom is -0.493 e. The van der Waals surface area contributed by atoms with Crippen molar-refractivity contribution in [2.75, 3.05) is 19.5 Å². The van der Waals surface area contributed by atoms with Gasteiger partial charge in [-0.2, -0.15) is 0 Å². The maximum atomic E-state index is 15.2. The lowest BCUT2D eigenvalue weighted by atomic mass is 10.1. The summed E-state index contributed by atoms with van der Waals surface area (Å²) >= 11 is 0. The fourth-order valence-corrected chi connectivity index (χ4v) is 4.65. The Morgan fingerprint density at radius 2 is 1.64 bits per heavy atom. The number of pyridine rings is 1. The molecule has 0 atom stereocenters. The van der Waals surface area contributed by atoms with Gasteiger partial charge >= 0.3 is 0 Å². The van der Waals surface area contributed by atoms with Crippen molar-refractivity contribution in [1.29, 1.82) is 0 Å². The first kappa shape index (κ1) is 28.1. The average molecular weight is 571 g/mol. The van der Waals surface area contributed by atoms with E-state index in [1.807, 2.05) is 0 Å². The smallest absolute Gasteiger partial charge is 0.284 e. The molecular formula is C31H27FN4O6. The molecule has 214 valence electrons. The zero-order chi connectivity index (χ0) is 30.0. The topological polar surface area (TPSA) is 114 Å². The third-order valence-corrected chi connectivity index (χ3v) is 6.61. The number of benzene rings is 3. The van der Waals surface area contributed by atoms with E-state index in [4.69, 9.17) is 14.2 Å². The summed E-state index contributed by atoms with van der Waals surface area (Å²) in [4.78, 5) is 43.0. The van der Waals surface area contributed by atoms with E-state index in [0.717, 1.165) is 6.07 Å². The number of nitrogens with zero attached hydrogens (tertiary/aromatic N) is 3. The second-order valence-electron chi connectivity index (χ2n) is 9.41. The SMILES string of the molecule is COc1cc2nccc(Oc3ccc(NC(=O)c4c(C)n(CC(C)=O)n(-c5ccccc5)c4=O)cc3F)c2cc1OC. The molecule has 10 nitrogen and oxygen atoms in total. The lowest BCUT2D eigenvalue weighted by Gasteiger charge is -2.13. The molecule has 2 heterocycles. The van der Waals surface area contributed by atoms with Crippen molar-refractivity contribution in [1.82, 2.24) is 14.3 Å². The van der Waals surface area contributed by atoms with Gasteiger partial charge in [0.05, 0.1) is 37.7 Å². The molecule has 0 fully saturated rings. The van der Waals surface area contributed by atoms with Crippen molar-refractivity contribution in [2.45, 2.75) is 20.4 Å². The minimum atomic E-state index is -0.745. The van der Waals surface area contributed by atoms with Gasteiger partial charge in [0, 0.05) is 29.4 Å². The number of Topliss-reactive ketones (excluding diaryl/α,β-unsaturated/α-hetero) is 1. The summed E-state index contributed by atoms with van der Waals surface area (Å²) in [6.45, 7) is 2.87. The van der Waals surface area contributed by atoms with Crippen LogP contribution < -0.4 is 25.1 Å². The van der Waals surface area contributed by atoms with Crippen LogP contribution in [0.25, 0.3) is 16.6 Å². The van der Waals surface area contributed by atoms with Crippen LogP contribution in [-0.2, 0) is 11.3 Å². The number of carbonyl (C=O) groups excluding carboxylic acids is 2. The monoisotopic (exact) mass is 570 g/mol. The number of halogens is 1. The number of methoxy groups -OCH3 is 2. The molecule has 42 heavy (non-hydrogen) atoms. The van der Waals surface area contributed by atoms with Crippen LogP contribution in [0.1, 0.15) is 23.0 Å². The van der Waals surface area contributed by atoms with Gasteiger partial charge in [-0.05, 0) is 50.2 Å². The number of anilines is 1. The maximum Gasteiger partial charge on any atom is 0.284 e. The van der Waals surface area contributed by atoms with Gasteiger partial charge in [0.15, 0.2) is 28.8 Å². The molecule has 11 heteroatoms. The molecule has 0 aliphatic carbocycles. The van der Waals surface area contributed by atoms with Crippen molar-refractivity contribution in [3.63, 3.8) is 0 Å². The number of fused-ring (bicyclic) bond motifs is 1. The number of rotatable bonds is 9. The van der Waals surface area contributed by atoms with Crippen LogP contribution in [0.15, 0.2) is 77.7 Å². The molecule has 5 aromatic rings. The first-order valence-electron chi connectivity index (χ1n) is 12.9. The van der Waals surface area contributed by atoms with Crippen molar-refractivity contribution in [2.24, 2.45) is 0 Å². The van der Waals surface area contributed by atoms with E-state index in [-0.39, 0.29) is 29.3 Å². The largest absolute Gasteiger partial charge is 0.493 e. The lowest BCUT2D eigenvalue weighted by molar-refractivity contribution is -0.117. The van der Waals surface area contributed by atoms with Crippen LogP contribution in [0.4, 0.5) is 10.1 Å². The fourth-order valence-electron chi connectivity index (χ4n) is 4.65. The van der Waals surface area contributed by atoms with Crippen LogP contribution in [0.2, 0.25) is 0 Å². The molecule has 0 aliphatic rings. The van der Waals surface area contributed by atoms with Gasteiger partial charge in [0.1, 0.15) is 11.3 Å². The van der Waals surface area contributed by atoms with Crippen molar-refractivity contribution < 1.29 is 28.2 Å². The molecule has 3 aromatic carbocycles. The van der Waals surface area contributed by atoms with Crippen LogP contribution >= 0.6 is 0 Å². The summed E-state index contributed by atoms with van der Waals surface area (Å²) in [5.74, 6) is -0.485. The van der Waals surface area contributed by atoms with Crippen molar-refractivity contribution >= 4 is 28.3 Å². The predicted octanol–water partition coefficient (Wildman–Crippen LogP) is 5.29. The lowest BCUT2D eigenvalue weighted by Crippen LogP contribution is -2.26. The number of hydrogen-bond acceptors (Lipinski definition) is 7. The number of para-hydroxylation sites is 1. The van der Waals surface area contributed by atoms with Gasteiger partial charge < -0.3 is 19.5 Å². The van der Waals surface area contributed by atoms with E-state index >= 15 is 4.39 Å². The summed E-state index contributed by atoms with van der Waals surface area (Å²) in [7, 11) is 3.02. The minimum absolute atomic E-state index is 0.0921. The Bertz CT molecular complexity index is 1880. The standard InChI is InChI=1S/C31H27FN4O6/c1-18(37)17-35-19(2)29(31(39)36(35)21-8-6-5-7-9-21)30(38)34-20-10-11-26(23(32)14-20)42-25-12-13-33-24-16-28(41-4)27(40-3)15-22(24)25/h5-16H,17H2,1-4H3,(H,34,38). The quantitative estimate of drug-likeness (QED) is 0.256. The number of ketones is 1. The average Bonchev–Trinajstić information content (AvgIpc) is 3.22. The van der Waals surface area contributed by atoms with E-state index in [2.05, 4.69) is 10.3 Å². The molecule has 0 spiro atoms. The van der Waals surface area contributed by atoms with Gasteiger partial charge in [0.2, 0.25) is 0 Å². The first-order chi connectivity index (χ1) is 20.2. The van der Waals surface area contributed by atoms with Crippen LogP contribution in [0.3, 0.4) is 0 Å². The number of carbonyl (C=O) groups is 2. The van der Waals surface area contributed by atoms with E-state index < -0.39 is 17.3 Å². The summed E-state index contributed by atoms with van der Waals surface area (Å²) < 4.78 is 34.5. The van der Waals surface area contributed by atoms with Gasteiger partial charge in [0.25, 0.3) is 11.5 Å². The number of amides is 1. The molecule has 2 aromatic heterocycles. The van der Waals surface area contributed by atoms with Crippen LogP contribution in [0, 0.1) is 12.7 Å². The van der Waals surface area contributed by atoms with Gasteiger partial charge in [-0.25, -0.2) is 9.07 Å². The molecule has 0 saturated carbocycles. The van der Waals surface area contributed by atoms with Crippen molar-refractivity contribution in [3.05, 3.63) is 100 Å². The molecule has 0 unspecified atom stereocenters.